The van der Waals surface area contributed by atoms with Crippen LogP contribution in [-0.4, -0.2) is 30.2 Å². The second-order valence-electron chi connectivity index (χ2n) is 11.2. The average molecular weight is 572 g/mol. The summed E-state index contributed by atoms with van der Waals surface area (Å²) < 4.78 is 50.7. The number of benzene rings is 2. The van der Waals surface area contributed by atoms with Crippen LogP contribution in [0.25, 0.3) is 11.5 Å². The van der Waals surface area contributed by atoms with Crippen LogP contribution >= 0.6 is 0 Å². The Kier molecular flexibility index (Phi) is 9.14. The van der Waals surface area contributed by atoms with E-state index in [1.54, 1.807) is 18.2 Å². The third-order valence-electron chi connectivity index (χ3n) is 6.33. The topological polar surface area (TPSA) is 126 Å². The summed E-state index contributed by atoms with van der Waals surface area (Å²) in [6.07, 6.45) is 0.403. The first-order valence-electron chi connectivity index (χ1n) is 13.5. The van der Waals surface area contributed by atoms with Crippen LogP contribution in [0.1, 0.15) is 74.9 Å². The molecule has 2 amide bonds. The van der Waals surface area contributed by atoms with Gasteiger partial charge in [-0.05, 0) is 61.8 Å². The van der Waals surface area contributed by atoms with Gasteiger partial charge in [0, 0.05) is 23.7 Å². The Hall–Kier alpha value is -4.15. The number of rotatable bonds is 12. The Morgan fingerprint density at radius 3 is 2.51 bits per heavy atom. The van der Waals surface area contributed by atoms with Crippen LogP contribution in [0, 0.1) is 23.0 Å². The standard InChI is InChI=1S/C30H35F2N3O6/c1-5-38-22-11-9-18(12-23(22)39-16-17-6-7-17)28-35-25(26(41-28)24(40-29(33)37)14-30(2,3)4)27(36)34-15-19-8-10-20(31)13-21(19)32/h8-13,17,24H,5-7,14-16H2,1-4H3,(H2,33,37)(H,34,36)/t24-/m0/s1. The van der Waals surface area contributed by atoms with Crippen molar-refractivity contribution in [2.45, 2.75) is 59.6 Å². The second kappa shape index (κ2) is 12.6. The lowest BCUT2D eigenvalue weighted by Gasteiger charge is -2.24. The first kappa shape index (κ1) is 29.8. The van der Waals surface area contributed by atoms with Crippen molar-refractivity contribution in [1.82, 2.24) is 10.3 Å². The lowest BCUT2D eigenvalue weighted by molar-refractivity contribution is 0.0635. The third kappa shape index (κ3) is 8.18. The van der Waals surface area contributed by atoms with Crippen LogP contribution in [0.2, 0.25) is 0 Å². The number of ether oxygens (including phenoxy) is 3. The summed E-state index contributed by atoms with van der Waals surface area (Å²) in [6.45, 7) is 8.40. The predicted octanol–water partition coefficient (Wildman–Crippen LogP) is 6.31. The first-order chi connectivity index (χ1) is 19.4. The van der Waals surface area contributed by atoms with Gasteiger partial charge in [-0.2, -0.15) is 0 Å². The monoisotopic (exact) mass is 571 g/mol. The number of oxazole rings is 1. The molecule has 41 heavy (non-hydrogen) atoms. The molecule has 1 aliphatic rings. The van der Waals surface area contributed by atoms with Gasteiger partial charge in [-0.3, -0.25) is 4.79 Å². The number of nitrogens with one attached hydrogen (secondary N) is 1. The molecule has 0 aliphatic heterocycles. The van der Waals surface area contributed by atoms with Crippen LogP contribution in [0.5, 0.6) is 11.5 Å². The van der Waals surface area contributed by atoms with E-state index in [0.29, 0.717) is 36.2 Å². The lowest BCUT2D eigenvalue weighted by atomic mass is 9.88. The minimum absolute atomic E-state index is 0.0138. The number of nitrogens with zero attached hydrogens (tertiary/aromatic N) is 1. The molecule has 3 aromatic rings. The zero-order chi connectivity index (χ0) is 29.7. The molecule has 9 nitrogen and oxygen atoms in total. The van der Waals surface area contributed by atoms with Gasteiger partial charge >= 0.3 is 6.09 Å². The van der Waals surface area contributed by atoms with Crippen molar-refractivity contribution in [3.63, 3.8) is 0 Å². The predicted molar refractivity (Wildman–Crippen MR) is 146 cm³/mol. The van der Waals surface area contributed by atoms with Crippen LogP contribution < -0.4 is 20.5 Å². The number of primary amides is 1. The van der Waals surface area contributed by atoms with E-state index in [2.05, 4.69) is 10.3 Å². The number of aromatic nitrogens is 1. The van der Waals surface area contributed by atoms with Crippen molar-refractivity contribution < 1.29 is 37.0 Å². The quantitative estimate of drug-likeness (QED) is 0.261. The summed E-state index contributed by atoms with van der Waals surface area (Å²) in [6, 6.07) is 8.23. The number of hydrogen-bond donors (Lipinski definition) is 2. The molecule has 0 unspecified atom stereocenters. The highest BCUT2D eigenvalue weighted by Gasteiger charge is 2.33. The van der Waals surface area contributed by atoms with Crippen molar-refractivity contribution in [3.05, 3.63) is 65.1 Å². The highest BCUT2D eigenvalue weighted by atomic mass is 19.1. The van der Waals surface area contributed by atoms with Crippen LogP contribution in [0.3, 0.4) is 0 Å². The zero-order valence-electron chi connectivity index (χ0n) is 23.6. The van der Waals surface area contributed by atoms with Crippen LogP contribution in [0.15, 0.2) is 40.8 Å². The van der Waals surface area contributed by atoms with Crippen molar-refractivity contribution in [1.29, 1.82) is 0 Å². The van der Waals surface area contributed by atoms with Crippen LogP contribution in [-0.2, 0) is 11.3 Å². The number of amides is 2. The van der Waals surface area contributed by atoms with E-state index in [0.717, 1.165) is 25.0 Å². The SMILES string of the molecule is CCOc1ccc(-c2nc(C(=O)NCc3ccc(F)cc3F)c([C@H](CC(C)(C)C)OC(N)=O)o2)cc1OCC1CC1. The lowest BCUT2D eigenvalue weighted by Crippen LogP contribution is -2.27. The molecule has 220 valence electrons. The summed E-state index contributed by atoms with van der Waals surface area (Å²) in [4.78, 5) is 29.6. The summed E-state index contributed by atoms with van der Waals surface area (Å²) >= 11 is 0. The molecule has 11 heteroatoms. The van der Waals surface area contributed by atoms with E-state index in [1.165, 1.54) is 6.07 Å². The fourth-order valence-corrected chi connectivity index (χ4v) is 4.17. The molecule has 3 N–H and O–H groups in total. The molecule has 1 saturated carbocycles. The number of hydrogen-bond acceptors (Lipinski definition) is 7. The van der Waals surface area contributed by atoms with E-state index < -0.39 is 29.7 Å². The Labute approximate surface area is 237 Å². The average Bonchev–Trinajstić information content (AvgIpc) is 3.61. The summed E-state index contributed by atoms with van der Waals surface area (Å²) in [5.74, 6) is -0.607. The van der Waals surface area contributed by atoms with Gasteiger partial charge in [-0.25, -0.2) is 18.6 Å². The molecule has 0 radical (unpaired) electrons. The van der Waals surface area contributed by atoms with E-state index >= 15 is 0 Å². The molecular formula is C30H35F2N3O6. The summed E-state index contributed by atoms with van der Waals surface area (Å²) in [5.41, 5.74) is 5.41. The molecule has 1 heterocycles. The fourth-order valence-electron chi connectivity index (χ4n) is 4.17. The Morgan fingerprint density at radius 1 is 1.12 bits per heavy atom. The first-order valence-corrected chi connectivity index (χ1v) is 13.5. The summed E-state index contributed by atoms with van der Waals surface area (Å²) in [5, 5.41) is 2.59. The van der Waals surface area contributed by atoms with Gasteiger partial charge in [0.15, 0.2) is 29.1 Å². The normalized spacial score (nSPS) is 13.9. The Morgan fingerprint density at radius 2 is 1.88 bits per heavy atom. The van der Waals surface area contributed by atoms with E-state index in [9.17, 15) is 18.4 Å². The fraction of sp³-hybridized carbons (Fsp3) is 0.433. The second-order valence-corrected chi connectivity index (χ2v) is 11.2. The van der Waals surface area contributed by atoms with Gasteiger partial charge in [-0.1, -0.05) is 26.8 Å². The summed E-state index contributed by atoms with van der Waals surface area (Å²) in [7, 11) is 0. The third-order valence-corrected chi connectivity index (χ3v) is 6.33. The maximum atomic E-state index is 14.2. The molecule has 1 aromatic heterocycles. The van der Waals surface area contributed by atoms with Gasteiger partial charge in [0.25, 0.3) is 5.91 Å². The maximum absolute atomic E-state index is 14.2. The van der Waals surface area contributed by atoms with Gasteiger partial charge < -0.3 is 29.7 Å². The number of nitrogens with two attached hydrogens (primary N) is 1. The van der Waals surface area contributed by atoms with Crippen molar-refractivity contribution >= 4 is 12.0 Å². The molecule has 0 spiro atoms. The van der Waals surface area contributed by atoms with Crippen molar-refractivity contribution in [2.75, 3.05) is 13.2 Å². The van der Waals surface area contributed by atoms with Crippen molar-refractivity contribution in [3.8, 4) is 23.0 Å². The Bertz CT molecular complexity index is 1400. The van der Waals surface area contributed by atoms with Gasteiger partial charge in [0.1, 0.15) is 11.6 Å². The minimum atomic E-state index is -1.05. The number of carbonyl (C=O) groups excluding carboxylic acids is 2. The highest BCUT2D eigenvalue weighted by Crippen LogP contribution is 2.39. The smallest absolute Gasteiger partial charge is 0.405 e. The van der Waals surface area contributed by atoms with Gasteiger partial charge in [0.05, 0.1) is 13.2 Å². The van der Waals surface area contributed by atoms with E-state index in [1.807, 2.05) is 27.7 Å². The molecular weight excluding hydrogens is 536 g/mol. The number of carbonyl (C=O) groups is 2. The zero-order valence-corrected chi connectivity index (χ0v) is 23.6. The van der Waals surface area contributed by atoms with Crippen molar-refractivity contribution in [2.24, 2.45) is 17.1 Å². The van der Waals surface area contributed by atoms with Gasteiger partial charge in [-0.15, -0.1) is 0 Å². The molecule has 0 saturated heterocycles. The molecule has 4 rings (SSSR count). The van der Waals surface area contributed by atoms with E-state index in [4.69, 9.17) is 24.4 Å². The Balaban J connectivity index is 1.71. The maximum Gasteiger partial charge on any atom is 0.405 e. The van der Waals surface area contributed by atoms with Gasteiger partial charge in [0.2, 0.25) is 5.89 Å². The molecule has 0 bridgehead atoms. The largest absolute Gasteiger partial charge is 0.490 e. The molecule has 1 fully saturated rings. The number of halogens is 2. The van der Waals surface area contributed by atoms with Crippen LogP contribution in [0.4, 0.5) is 13.6 Å². The molecule has 1 atom stereocenters. The van der Waals surface area contributed by atoms with E-state index in [-0.39, 0.29) is 41.3 Å². The molecule has 2 aromatic carbocycles. The minimum Gasteiger partial charge on any atom is -0.490 e. The molecule has 1 aliphatic carbocycles. The highest BCUT2D eigenvalue weighted by molar-refractivity contribution is 5.94.